The summed E-state index contributed by atoms with van der Waals surface area (Å²) in [5.41, 5.74) is 5.05. The maximum atomic E-state index is 6.23. The molecule has 0 bridgehead atoms. The maximum absolute atomic E-state index is 6.23. The van der Waals surface area contributed by atoms with E-state index in [1.807, 2.05) is 42.5 Å². The lowest BCUT2D eigenvalue weighted by Gasteiger charge is -2.29. The van der Waals surface area contributed by atoms with E-state index in [9.17, 15) is 0 Å². The lowest BCUT2D eigenvalue weighted by molar-refractivity contribution is 0.280. The Hall–Kier alpha value is -3.67. The minimum absolute atomic E-state index is 0.504. The van der Waals surface area contributed by atoms with Crippen LogP contribution in [0, 0.1) is 0 Å². The highest BCUT2D eigenvalue weighted by Gasteiger charge is 2.25. The first kappa shape index (κ1) is 19.3. The summed E-state index contributed by atoms with van der Waals surface area (Å²) in [5, 5.41) is 0. The first-order valence-electron chi connectivity index (χ1n) is 10.3. The topological polar surface area (TPSA) is 57.0 Å². The third-order valence-corrected chi connectivity index (χ3v) is 5.62. The van der Waals surface area contributed by atoms with Crippen molar-refractivity contribution in [3.63, 3.8) is 0 Å². The zero-order valence-corrected chi connectivity index (χ0v) is 17.6. The average Bonchev–Trinajstić information content (AvgIpc) is 3.26. The molecular formula is C25H24N2O4. The van der Waals surface area contributed by atoms with E-state index in [-0.39, 0.29) is 0 Å². The van der Waals surface area contributed by atoms with Crippen molar-refractivity contribution in [3.8, 4) is 17.2 Å². The number of methoxy groups -OCH3 is 2. The molecule has 0 saturated heterocycles. The zero-order chi connectivity index (χ0) is 21.2. The van der Waals surface area contributed by atoms with Crippen LogP contribution in [-0.4, -0.2) is 25.7 Å². The second-order valence-corrected chi connectivity index (χ2v) is 7.51. The summed E-state index contributed by atoms with van der Waals surface area (Å²) in [7, 11) is 3.32. The number of ether oxygens (including phenoxy) is 3. The number of benzene rings is 3. The van der Waals surface area contributed by atoms with Gasteiger partial charge in [0.2, 0.25) is 0 Å². The number of anilines is 1. The first-order valence-corrected chi connectivity index (χ1v) is 10.3. The lowest BCUT2D eigenvalue weighted by Crippen LogP contribution is -2.31. The van der Waals surface area contributed by atoms with Gasteiger partial charge >= 0.3 is 0 Å². The first-order chi connectivity index (χ1) is 15.2. The van der Waals surface area contributed by atoms with Crippen LogP contribution in [0.25, 0.3) is 11.1 Å². The van der Waals surface area contributed by atoms with Crippen LogP contribution >= 0.6 is 0 Å². The van der Waals surface area contributed by atoms with Crippen molar-refractivity contribution in [3.05, 3.63) is 77.4 Å². The molecule has 5 rings (SSSR count). The minimum atomic E-state index is 0.504. The molecule has 6 nitrogen and oxygen atoms in total. The Bertz CT molecular complexity index is 1200. The summed E-state index contributed by atoms with van der Waals surface area (Å²) in [6, 6.07) is 20.5. The summed E-state index contributed by atoms with van der Waals surface area (Å²) < 4.78 is 23.1. The number of nitrogens with zero attached hydrogens (tertiary/aromatic N) is 2. The van der Waals surface area contributed by atoms with Gasteiger partial charge in [-0.3, -0.25) is 0 Å². The number of fused-ring (bicyclic) bond motifs is 2. The van der Waals surface area contributed by atoms with Crippen LogP contribution in [0.3, 0.4) is 0 Å². The Morgan fingerprint density at radius 3 is 2.68 bits per heavy atom. The zero-order valence-electron chi connectivity index (χ0n) is 17.6. The van der Waals surface area contributed by atoms with Crippen molar-refractivity contribution in [1.82, 2.24) is 4.98 Å². The van der Waals surface area contributed by atoms with Gasteiger partial charge in [0.15, 0.2) is 17.1 Å². The molecule has 0 aliphatic carbocycles. The highest BCUT2D eigenvalue weighted by Crippen LogP contribution is 2.38. The fourth-order valence-corrected chi connectivity index (χ4v) is 3.97. The minimum Gasteiger partial charge on any atom is -0.497 e. The van der Waals surface area contributed by atoms with Gasteiger partial charge in [0.1, 0.15) is 17.9 Å². The molecule has 0 fully saturated rings. The molecule has 0 unspecified atom stereocenters. The standard InChI is InChI=1S/C25H24N2O4/c1-28-19-9-10-21-23(14-19)31-25(26-21)27-13-12-20-18(15-27)8-11-22(29-2)24(20)30-16-17-6-4-3-5-7-17/h3-11,14H,12-13,15-16H2,1-2H3. The lowest BCUT2D eigenvalue weighted by atomic mass is 9.98. The molecule has 4 aromatic rings. The third kappa shape index (κ3) is 3.77. The number of rotatable bonds is 6. The van der Waals surface area contributed by atoms with E-state index in [0.717, 1.165) is 46.9 Å². The van der Waals surface area contributed by atoms with Crippen LogP contribution < -0.4 is 19.1 Å². The van der Waals surface area contributed by atoms with Gasteiger partial charge in [0.05, 0.1) is 14.2 Å². The number of hydrogen-bond donors (Lipinski definition) is 0. The average molecular weight is 416 g/mol. The number of oxazole rings is 1. The molecule has 0 amide bonds. The van der Waals surface area contributed by atoms with Gasteiger partial charge in [-0.05, 0) is 35.7 Å². The Balaban J connectivity index is 1.41. The van der Waals surface area contributed by atoms with E-state index in [1.54, 1.807) is 14.2 Å². The van der Waals surface area contributed by atoms with E-state index < -0.39 is 0 Å². The summed E-state index contributed by atoms with van der Waals surface area (Å²) in [5.74, 6) is 2.34. The van der Waals surface area contributed by atoms with Crippen molar-refractivity contribution >= 4 is 17.1 Å². The molecule has 6 heteroatoms. The van der Waals surface area contributed by atoms with E-state index in [0.29, 0.717) is 19.2 Å². The van der Waals surface area contributed by atoms with E-state index >= 15 is 0 Å². The Morgan fingerprint density at radius 2 is 1.87 bits per heavy atom. The molecule has 1 aromatic heterocycles. The van der Waals surface area contributed by atoms with Crippen LogP contribution in [0.2, 0.25) is 0 Å². The van der Waals surface area contributed by atoms with E-state index in [4.69, 9.17) is 18.6 Å². The SMILES string of the molecule is COc1ccc2nc(N3CCc4c(ccc(OC)c4OCc4ccccc4)C3)oc2c1. The molecule has 0 saturated carbocycles. The smallest absolute Gasteiger partial charge is 0.298 e. The van der Waals surface area contributed by atoms with Crippen LogP contribution in [0.4, 0.5) is 6.01 Å². The molecule has 0 N–H and O–H groups in total. The molecule has 0 atom stereocenters. The predicted molar refractivity (Wildman–Crippen MR) is 119 cm³/mol. The van der Waals surface area contributed by atoms with Gasteiger partial charge in [-0.1, -0.05) is 36.4 Å². The van der Waals surface area contributed by atoms with Crippen LogP contribution in [-0.2, 0) is 19.6 Å². The molecule has 3 aromatic carbocycles. The molecular weight excluding hydrogens is 392 g/mol. The van der Waals surface area contributed by atoms with Crippen molar-refractivity contribution < 1.29 is 18.6 Å². The fraction of sp³-hybridized carbons (Fsp3) is 0.240. The van der Waals surface area contributed by atoms with Crippen molar-refractivity contribution in [2.75, 3.05) is 25.7 Å². The predicted octanol–water partition coefficient (Wildman–Crippen LogP) is 4.99. The van der Waals surface area contributed by atoms with Crippen LogP contribution in [0.1, 0.15) is 16.7 Å². The molecule has 158 valence electrons. The normalized spacial score (nSPS) is 13.2. The molecule has 1 aliphatic rings. The number of hydrogen-bond acceptors (Lipinski definition) is 6. The van der Waals surface area contributed by atoms with Crippen molar-refractivity contribution in [1.29, 1.82) is 0 Å². The molecule has 0 radical (unpaired) electrons. The van der Waals surface area contributed by atoms with Gasteiger partial charge in [0, 0.05) is 24.7 Å². The van der Waals surface area contributed by atoms with Gasteiger partial charge in [-0.25, -0.2) is 0 Å². The van der Waals surface area contributed by atoms with Crippen molar-refractivity contribution in [2.24, 2.45) is 0 Å². The summed E-state index contributed by atoms with van der Waals surface area (Å²) in [6.07, 6.45) is 0.818. The van der Waals surface area contributed by atoms with Crippen LogP contribution in [0.5, 0.6) is 17.2 Å². The largest absolute Gasteiger partial charge is 0.497 e. The van der Waals surface area contributed by atoms with Gasteiger partial charge in [0.25, 0.3) is 6.01 Å². The summed E-state index contributed by atoms with van der Waals surface area (Å²) in [6.45, 7) is 1.99. The Kier molecular flexibility index (Phi) is 5.12. The molecule has 0 spiro atoms. The fourth-order valence-electron chi connectivity index (χ4n) is 3.97. The van der Waals surface area contributed by atoms with Gasteiger partial charge in [-0.15, -0.1) is 0 Å². The third-order valence-electron chi connectivity index (χ3n) is 5.62. The van der Waals surface area contributed by atoms with E-state index in [1.165, 1.54) is 11.1 Å². The van der Waals surface area contributed by atoms with Crippen LogP contribution in [0.15, 0.2) is 65.1 Å². The molecule has 31 heavy (non-hydrogen) atoms. The second kappa shape index (κ2) is 8.22. The van der Waals surface area contributed by atoms with Gasteiger partial charge in [-0.2, -0.15) is 4.98 Å². The quantitative estimate of drug-likeness (QED) is 0.442. The van der Waals surface area contributed by atoms with Crippen molar-refractivity contribution in [2.45, 2.75) is 19.6 Å². The Labute approximate surface area is 181 Å². The maximum Gasteiger partial charge on any atom is 0.298 e. The Morgan fingerprint density at radius 1 is 1.00 bits per heavy atom. The summed E-state index contributed by atoms with van der Waals surface area (Å²) >= 11 is 0. The molecule has 1 aliphatic heterocycles. The number of aromatic nitrogens is 1. The molecule has 2 heterocycles. The monoisotopic (exact) mass is 416 g/mol. The highest BCUT2D eigenvalue weighted by molar-refractivity contribution is 5.76. The van der Waals surface area contributed by atoms with E-state index in [2.05, 4.69) is 28.1 Å². The highest BCUT2D eigenvalue weighted by atomic mass is 16.5. The summed E-state index contributed by atoms with van der Waals surface area (Å²) in [4.78, 5) is 6.82. The second-order valence-electron chi connectivity index (χ2n) is 7.51. The van der Waals surface area contributed by atoms with Gasteiger partial charge < -0.3 is 23.5 Å².